The Morgan fingerprint density at radius 2 is 1.91 bits per heavy atom. The summed E-state index contributed by atoms with van der Waals surface area (Å²) in [5, 5.41) is 6.70. The third-order valence-corrected chi connectivity index (χ3v) is 3.14. The third kappa shape index (κ3) is 12.3. The first-order valence-corrected chi connectivity index (χ1v) is 8.49. The summed E-state index contributed by atoms with van der Waals surface area (Å²) in [6, 6.07) is 3.91. The standard InChI is InChI=1S/C17H31N3O2.HI/c1-3-5-13-21-14-7-11-19-17(18-10-4-2)20-12-9-16-8-6-15-22-16;/h6,8,15H,3-5,7,9-14H2,1-2H3,(H2,18,19,20);1H. The van der Waals surface area contributed by atoms with Crippen LogP contribution in [0.2, 0.25) is 0 Å². The van der Waals surface area contributed by atoms with Gasteiger partial charge in [-0.25, -0.2) is 0 Å². The molecular weight excluding hydrogens is 405 g/mol. The van der Waals surface area contributed by atoms with Gasteiger partial charge in [-0.1, -0.05) is 20.3 Å². The van der Waals surface area contributed by atoms with Crippen LogP contribution in [0.4, 0.5) is 0 Å². The van der Waals surface area contributed by atoms with E-state index < -0.39 is 0 Å². The van der Waals surface area contributed by atoms with E-state index in [4.69, 9.17) is 9.15 Å². The van der Waals surface area contributed by atoms with Gasteiger partial charge < -0.3 is 19.8 Å². The molecule has 0 amide bonds. The molecule has 1 rings (SSSR count). The highest BCUT2D eigenvalue weighted by molar-refractivity contribution is 14.0. The topological polar surface area (TPSA) is 58.8 Å². The lowest BCUT2D eigenvalue weighted by atomic mass is 10.3. The molecule has 0 spiro atoms. The molecule has 1 aromatic rings. The van der Waals surface area contributed by atoms with Crippen LogP contribution in [0.1, 0.15) is 45.3 Å². The van der Waals surface area contributed by atoms with Gasteiger partial charge in [0.2, 0.25) is 0 Å². The fourth-order valence-corrected chi connectivity index (χ4v) is 1.89. The fourth-order valence-electron chi connectivity index (χ4n) is 1.89. The molecule has 134 valence electrons. The molecule has 0 aromatic carbocycles. The second-order valence-electron chi connectivity index (χ2n) is 5.23. The van der Waals surface area contributed by atoms with Crippen molar-refractivity contribution < 1.29 is 9.15 Å². The normalized spacial score (nSPS) is 11.1. The zero-order chi connectivity index (χ0) is 15.9. The fraction of sp³-hybridized carbons (Fsp3) is 0.706. The minimum absolute atomic E-state index is 0. The van der Waals surface area contributed by atoms with E-state index in [-0.39, 0.29) is 24.0 Å². The highest BCUT2D eigenvalue weighted by Crippen LogP contribution is 1.99. The number of guanidine groups is 1. The van der Waals surface area contributed by atoms with Gasteiger partial charge in [-0.2, -0.15) is 0 Å². The number of ether oxygens (including phenoxy) is 1. The quantitative estimate of drug-likeness (QED) is 0.227. The molecule has 0 bridgehead atoms. The smallest absolute Gasteiger partial charge is 0.191 e. The van der Waals surface area contributed by atoms with Crippen molar-refractivity contribution in [1.29, 1.82) is 0 Å². The zero-order valence-electron chi connectivity index (χ0n) is 14.5. The predicted molar refractivity (Wildman–Crippen MR) is 107 cm³/mol. The van der Waals surface area contributed by atoms with E-state index >= 15 is 0 Å². The Hall–Kier alpha value is -0.760. The zero-order valence-corrected chi connectivity index (χ0v) is 16.8. The highest BCUT2D eigenvalue weighted by Gasteiger charge is 2.00. The first-order valence-electron chi connectivity index (χ1n) is 8.49. The van der Waals surface area contributed by atoms with Gasteiger partial charge in [0.1, 0.15) is 5.76 Å². The van der Waals surface area contributed by atoms with Crippen LogP contribution in [0, 0.1) is 0 Å². The van der Waals surface area contributed by atoms with Gasteiger partial charge in [0, 0.05) is 39.3 Å². The summed E-state index contributed by atoms with van der Waals surface area (Å²) in [5.41, 5.74) is 0. The van der Waals surface area contributed by atoms with Gasteiger partial charge in [0.25, 0.3) is 0 Å². The molecule has 23 heavy (non-hydrogen) atoms. The molecule has 0 atom stereocenters. The maximum Gasteiger partial charge on any atom is 0.191 e. The van der Waals surface area contributed by atoms with Crippen LogP contribution in [0.25, 0.3) is 0 Å². The second-order valence-corrected chi connectivity index (χ2v) is 5.23. The van der Waals surface area contributed by atoms with E-state index in [0.717, 1.165) is 70.3 Å². The molecular formula is C17H32IN3O2. The van der Waals surface area contributed by atoms with Crippen LogP contribution in [0.5, 0.6) is 0 Å². The van der Waals surface area contributed by atoms with Crippen LogP contribution in [-0.2, 0) is 11.2 Å². The lowest BCUT2D eigenvalue weighted by molar-refractivity contribution is 0.129. The summed E-state index contributed by atoms with van der Waals surface area (Å²) in [6.07, 6.45) is 6.94. The molecule has 0 saturated carbocycles. The summed E-state index contributed by atoms with van der Waals surface area (Å²) in [7, 11) is 0. The Morgan fingerprint density at radius 3 is 2.61 bits per heavy atom. The van der Waals surface area contributed by atoms with Crippen LogP contribution < -0.4 is 10.6 Å². The first kappa shape index (κ1) is 22.2. The number of halogens is 1. The summed E-state index contributed by atoms with van der Waals surface area (Å²) < 4.78 is 10.9. The second kappa shape index (κ2) is 16.1. The molecule has 2 N–H and O–H groups in total. The number of nitrogens with zero attached hydrogens (tertiary/aromatic N) is 1. The van der Waals surface area contributed by atoms with Crippen molar-refractivity contribution in [2.75, 3.05) is 32.8 Å². The van der Waals surface area contributed by atoms with E-state index in [1.807, 2.05) is 12.1 Å². The number of unbranched alkanes of at least 4 members (excludes halogenated alkanes) is 1. The molecule has 0 aliphatic carbocycles. The number of hydrogen-bond donors (Lipinski definition) is 2. The van der Waals surface area contributed by atoms with Crippen molar-refractivity contribution in [2.45, 2.75) is 46.0 Å². The molecule has 0 unspecified atom stereocenters. The summed E-state index contributed by atoms with van der Waals surface area (Å²) in [6.45, 7) is 8.51. The van der Waals surface area contributed by atoms with E-state index in [1.165, 1.54) is 6.42 Å². The van der Waals surface area contributed by atoms with Gasteiger partial charge >= 0.3 is 0 Å². The number of rotatable bonds is 12. The Labute approximate surface area is 157 Å². The molecule has 1 heterocycles. The molecule has 0 radical (unpaired) electrons. The molecule has 0 fully saturated rings. The number of aliphatic imine (C=N–C) groups is 1. The van der Waals surface area contributed by atoms with Gasteiger partial charge in [-0.15, -0.1) is 24.0 Å². The van der Waals surface area contributed by atoms with Crippen molar-refractivity contribution in [1.82, 2.24) is 10.6 Å². The summed E-state index contributed by atoms with van der Waals surface area (Å²) >= 11 is 0. The first-order chi connectivity index (χ1) is 10.9. The van der Waals surface area contributed by atoms with Gasteiger partial charge in [-0.05, 0) is 31.4 Å². The molecule has 0 aliphatic heterocycles. The van der Waals surface area contributed by atoms with Crippen LogP contribution in [-0.4, -0.2) is 38.8 Å². The molecule has 0 saturated heterocycles. The number of hydrogen-bond acceptors (Lipinski definition) is 3. The predicted octanol–water partition coefficient (Wildman–Crippen LogP) is 3.59. The van der Waals surface area contributed by atoms with Crippen molar-refractivity contribution >= 4 is 29.9 Å². The highest BCUT2D eigenvalue weighted by atomic mass is 127. The molecule has 6 heteroatoms. The maximum absolute atomic E-state index is 5.55. The van der Waals surface area contributed by atoms with Gasteiger partial charge in [-0.3, -0.25) is 4.99 Å². The SMILES string of the molecule is CCCCOCCCNC(=NCCC)NCCc1ccco1.I. The van der Waals surface area contributed by atoms with Crippen LogP contribution in [0.15, 0.2) is 27.8 Å². The van der Waals surface area contributed by atoms with Crippen molar-refractivity contribution in [3.63, 3.8) is 0 Å². The van der Waals surface area contributed by atoms with Crippen molar-refractivity contribution in [3.8, 4) is 0 Å². The lowest BCUT2D eigenvalue weighted by Crippen LogP contribution is -2.39. The summed E-state index contributed by atoms with van der Waals surface area (Å²) in [4.78, 5) is 4.53. The van der Waals surface area contributed by atoms with E-state index in [1.54, 1.807) is 6.26 Å². The minimum atomic E-state index is 0. The van der Waals surface area contributed by atoms with Crippen LogP contribution >= 0.6 is 24.0 Å². The number of nitrogens with one attached hydrogen (secondary N) is 2. The molecule has 0 aliphatic rings. The third-order valence-electron chi connectivity index (χ3n) is 3.14. The maximum atomic E-state index is 5.55. The van der Waals surface area contributed by atoms with E-state index in [9.17, 15) is 0 Å². The number of furan rings is 1. The van der Waals surface area contributed by atoms with E-state index in [0.29, 0.717) is 0 Å². The summed E-state index contributed by atoms with van der Waals surface area (Å²) in [5.74, 6) is 1.87. The van der Waals surface area contributed by atoms with Gasteiger partial charge in [0.05, 0.1) is 6.26 Å². The average Bonchev–Trinajstić information content (AvgIpc) is 3.04. The molecule has 1 aromatic heterocycles. The van der Waals surface area contributed by atoms with Crippen molar-refractivity contribution in [3.05, 3.63) is 24.2 Å². The van der Waals surface area contributed by atoms with Crippen LogP contribution in [0.3, 0.4) is 0 Å². The minimum Gasteiger partial charge on any atom is -0.469 e. The van der Waals surface area contributed by atoms with E-state index in [2.05, 4.69) is 29.5 Å². The Morgan fingerprint density at radius 1 is 1.13 bits per heavy atom. The lowest BCUT2D eigenvalue weighted by Gasteiger charge is -2.12. The van der Waals surface area contributed by atoms with Crippen molar-refractivity contribution in [2.24, 2.45) is 4.99 Å². The van der Waals surface area contributed by atoms with Gasteiger partial charge in [0.15, 0.2) is 5.96 Å². The Balaban J connectivity index is 0.00000484. The Kier molecular flexibility index (Phi) is 15.6. The average molecular weight is 437 g/mol. The molecule has 5 nitrogen and oxygen atoms in total. The largest absolute Gasteiger partial charge is 0.469 e. The Bertz CT molecular complexity index is 383. The monoisotopic (exact) mass is 437 g/mol.